The molecular formula is C15H21Cl2N2O+. The molecule has 1 aliphatic rings. The predicted molar refractivity (Wildman–Crippen MR) is 83.1 cm³/mol. The van der Waals surface area contributed by atoms with Crippen LogP contribution in [0, 0.1) is 6.92 Å². The van der Waals surface area contributed by atoms with Crippen molar-refractivity contribution in [2.24, 2.45) is 0 Å². The van der Waals surface area contributed by atoms with Gasteiger partial charge in [-0.2, -0.15) is 0 Å². The molecule has 20 heavy (non-hydrogen) atoms. The number of amides is 1. The van der Waals surface area contributed by atoms with E-state index in [0.29, 0.717) is 12.3 Å². The van der Waals surface area contributed by atoms with Crippen LogP contribution < -0.4 is 4.90 Å². The molecule has 1 heterocycles. The summed E-state index contributed by atoms with van der Waals surface area (Å²) in [6.07, 6.45) is 1.33. The summed E-state index contributed by atoms with van der Waals surface area (Å²) in [4.78, 5) is 15.3. The molecule has 0 aromatic heterocycles. The van der Waals surface area contributed by atoms with E-state index in [1.165, 1.54) is 16.2 Å². The highest BCUT2D eigenvalue weighted by molar-refractivity contribution is 6.30. The number of rotatable bonds is 4. The van der Waals surface area contributed by atoms with Crippen LogP contribution in [0.3, 0.4) is 0 Å². The van der Waals surface area contributed by atoms with E-state index in [2.05, 4.69) is 13.0 Å². The lowest BCUT2D eigenvalue weighted by Gasteiger charge is -2.32. The molecule has 1 N–H and O–H groups in total. The molecular weight excluding hydrogens is 295 g/mol. The Labute approximate surface area is 130 Å². The van der Waals surface area contributed by atoms with Gasteiger partial charge in [0, 0.05) is 29.0 Å². The molecule has 1 fully saturated rings. The fraction of sp³-hybridized carbons (Fsp3) is 0.533. The first-order chi connectivity index (χ1) is 9.61. The van der Waals surface area contributed by atoms with Gasteiger partial charge in [-0.3, -0.25) is 9.69 Å². The molecule has 1 aromatic carbocycles. The predicted octanol–water partition coefficient (Wildman–Crippen LogP) is 2.03. The van der Waals surface area contributed by atoms with Crippen LogP contribution in [0.2, 0.25) is 5.02 Å². The van der Waals surface area contributed by atoms with Crippen LogP contribution in [0.5, 0.6) is 0 Å². The number of nitrogens with zero attached hydrogens (tertiary/aromatic N) is 1. The third-order valence-electron chi connectivity index (χ3n) is 3.82. The second kappa shape index (κ2) is 7.30. The molecule has 2 rings (SSSR count). The first kappa shape index (κ1) is 15.6. The number of carbonyl (C=O) groups excluding carboxylic acids is 1. The molecule has 0 aliphatic carbocycles. The van der Waals surface area contributed by atoms with E-state index >= 15 is 0 Å². The fourth-order valence-electron chi connectivity index (χ4n) is 2.65. The van der Waals surface area contributed by atoms with Gasteiger partial charge in [-0.1, -0.05) is 17.7 Å². The first-order valence-electron chi connectivity index (χ1n) is 7.07. The smallest absolute Gasteiger partial charge is 0.223 e. The lowest BCUT2D eigenvalue weighted by Crippen LogP contribution is -3.10. The molecule has 0 radical (unpaired) electrons. The Bertz CT molecular complexity index is 471. The summed E-state index contributed by atoms with van der Waals surface area (Å²) in [7, 11) is 0. The Kier molecular flexibility index (Phi) is 5.70. The summed E-state index contributed by atoms with van der Waals surface area (Å²) >= 11 is 11.7. The van der Waals surface area contributed by atoms with Crippen molar-refractivity contribution >= 4 is 34.8 Å². The van der Waals surface area contributed by atoms with Crippen molar-refractivity contribution in [3.8, 4) is 0 Å². The van der Waals surface area contributed by atoms with Crippen molar-refractivity contribution in [2.75, 3.05) is 32.1 Å². The van der Waals surface area contributed by atoms with E-state index < -0.39 is 0 Å². The summed E-state index contributed by atoms with van der Waals surface area (Å²) in [6.45, 7) is 5.60. The molecule has 3 nitrogen and oxygen atoms in total. The van der Waals surface area contributed by atoms with Crippen LogP contribution in [0.25, 0.3) is 0 Å². The van der Waals surface area contributed by atoms with E-state index in [1.807, 2.05) is 17.0 Å². The maximum Gasteiger partial charge on any atom is 0.223 e. The monoisotopic (exact) mass is 315 g/mol. The number of alkyl halides is 1. The second-order valence-corrected chi connectivity index (χ2v) is 6.05. The van der Waals surface area contributed by atoms with Gasteiger partial charge >= 0.3 is 0 Å². The SMILES string of the molecule is Cc1ccc(Cl)cc1[NH+]1CCN(C(=O)CCCCl)CC1. The molecule has 1 saturated heterocycles. The Morgan fingerprint density at radius 2 is 2.05 bits per heavy atom. The van der Waals surface area contributed by atoms with Crippen LogP contribution in [-0.2, 0) is 4.79 Å². The summed E-state index contributed by atoms with van der Waals surface area (Å²) in [5.74, 6) is 0.783. The van der Waals surface area contributed by atoms with Gasteiger partial charge in [0.2, 0.25) is 5.91 Å². The minimum Gasteiger partial charge on any atom is -0.331 e. The zero-order valence-corrected chi connectivity index (χ0v) is 13.3. The van der Waals surface area contributed by atoms with Gasteiger partial charge in [0.15, 0.2) is 0 Å². The number of benzene rings is 1. The second-order valence-electron chi connectivity index (χ2n) is 5.24. The Morgan fingerprint density at radius 1 is 1.35 bits per heavy atom. The molecule has 0 atom stereocenters. The van der Waals surface area contributed by atoms with Crippen LogP contribution in [0.4, 0.5) is 5.69 Å². The zero-order valence-electron chi connectivity index (χ0n) is 11.8. The highest BCUT2D eigenvalue weighted by Crippen LogP contribution is 2.17. The lowest BCUT2D eigenvalue weighted by molar-refractivity contribution is -0.837. The quantitative estimate of drug-likeness (QED) is 0.845. The molecule has 0 bridgehead atoms. The van der Waals surface area contributed by atoms with Crippen molar-refractivity contribution < 1.29 is 9.69 Å². The van der Waals surface area contributed by atoms with Crippen LogP contribution in [-0.4, -0.2) is 42.9 Å². The number of piperazine rings is 1. The maximum absolute atomic E-state index is 12.0. The van der Waals surface area contributed by atoms with Crippen molar-refractivity contribution in [1.29, 1.82) is 0 Å². The minimum atomic E-state index is 0.229. The molecule has 0 unspecified atom stereocenters. The highest BCUT2D eigenvalue weighted by Gasteiger charge is 2.25. The number of nitrogens with one attached hydrogen (secondary N) is 1. The fourth-order valence-corrected chi connectivity index (χ4v) is 2.95. The van der Waals surface area contributed by atoms with E-state index in [9.17, 15) is 4.79 Å². The highest BCUT2D eigenvalue weighted by atomic mass is 35.5. The maximum atomic E-state index is 12.0. The van der Waals surface area contributed by atoms with Crippen molar-refractivity contribution in [3.05, 3.63) is 28.8 Å². The van der Waals surface area contributed by atoms with Crippen LogP contribution in [0.15, 0.2) is 18.2 Å². The molecule has 1 aliphatic heterocycles. The van der Waals surface area contributed by atoms with Gasteiger partial charge in [-0.05, 0) is 19.4 Å². The average molecular weight is 316 g/mol. The lowest BCUT2D eigenvalue weighted by atomic mass is 10.1. The first-order valence-corrected chi connectivity index (χ1v) is 7.98. The summed E-state index contributed by atoms with van der Waals surface area (Å²) in [6, 6.07) is 6.02. The number of hydrogen-bond acceptors (Lipinski definition) is 1. The summed E-state index contributed by atoms with van der Waals surface area (Å²) in [5.41, 5.74) is 2.51. The zero-order chi connectivity index (χ0) is 14.5. The standard InChI is InChI=1S/C15H20Cl2N2O/c1-12-4-5-13(17)11-14(12)18-7-9-19(10-8-18)15(20)3-2-6-16/h4-5,11H,2-3,6-10H2,1H3/p+1. The van der Waals surface area contributed by atoms with Gasteiger partial charge in [-0.25, -0.2) is 0 Å². The number of quaternary nitrogens is 1. The number of halogens is 2. The van der Waals surface area contributed by atoms with Crippen molar-refractivity contribution in [2.45, 2.75) is 19.8 Å². The van der Waals surface area contributed by atoms with E-state index in [1.54, 1.807) is 0 Å². The van der Waals surface area contributed by atoms with Gasteiger partial charge < -0.3 is 4.90 Å². The number of aryl methyl sites for hydroxylation is 1. The van der Waals surface area contributed by atoms with Crippen molar-refractivity contribution in [1.82, 2.24) is 4.90 Å². The van der Waals surface area contributed by atoms with E-state index in [4.69, 9.17) is 23.2 Å². The topological polar surface area (TPSA) is 24.8 Å². The van der Waals surface area contributed by atoms with Gasteiger partial charge in [-0.15, -0.1) is 11.6 Å². The normalized spacial score (nSPS) is 16.4. The number of carbonyl (C=O) groups is 1. The minimum absolute atomic E-state index is 0.229. The van der Waals surface area contributed by atoms with E-state index in [-0.39, 0.29) is 5.91 Å². The largest absolute Gasteiger partial charge is 0.331 e. The van der Waals surface area contributed by atoms with Gasteiger partial charge in [0.25, 0.3) is 0 Å². The van der Waals surface area contributed by atoms with Crippen LogP contribution >= 0.6 is 23.2 Å². The van der Waals surface area contributed by atoms with Gasteiger partial charge in [0.05, 0.1) is 26.2 Å². The molecule has 5 heteroatoms. The van der Waals surface area contributed by atoms with Crippen molar-refractivity contribution in [3.63, 3.8) is 0 Å². The average Bonchev–Trinajstić information content (AvgIpc) is 2.47. The molecule has 1 amide bonds. The third-order valence-corrected chi connectivity index (χ3v) is 4.33. The molecule has 1 aromatic rings. The van der Waals surface area contributed by atoms with Gasteiger partial charge in [0.1, 0.15) is 5.69 Å². The van der Waals surface area contributed by atoms with E-state index in [0.717, 1.165) is 37.6 Å². The molecule has 0 spiro atoms. The Hall–Kier alpha value is -0.770. The van der Waals surface area contributed by atoms with Crippen LogP contribution in [0.1, 0.15) is 18.4 Å². The Balaban J connectivity index is 1.94. The summed E-state index contributed by atoms with van der Waals surface area (Å²) in [5, 5.41) is 0.777. The Morgan fingerprint density at radius 3 is 2.70 bits per heavy atom. The summed E-state index contributed by atoms with van der Waals surface area (Å²) < 4.78 is 0. The molecule has 0 saturated carbocycles. The molecule has 110 valence electrons. The number of hydrogen-bond donors (Lipinski definition) is 1. The third kappa shape index (κ3) is 3.87.